The highest BCUT2D eigenvalue weighted by molar-refractivity contribution is 8.01. The van der Waals surface area contributed by atoms with Crippen molar-refractivity contribution < 1.29 is 9.59 Å². The van der Waals surface area contributed by atoms with Crippen LogP contribution in [-0.2, 0) is 9.59 Å². The Morgan fingerprint density at radius 2 is 2.04 bits per heavy atom. The number of piperazine rings is 1. The molecular formula is C19H18N4O2S2. The van der Waals surface area contributed by atoms with Crippen molar-refractivity contribution in [3.05, 3.63) is 48.5 Å². The maximum absolute atomic E-state index is 12.4. The summed E-state index contributed by atoms with van der Waals surface area (Å²) < 4.78 is 2.00. The standard InChI is InChI=1S/C19H18N4O2S2/c24-17-11-23(10-9-20-17)15-7-3-1-5-13(15)21-18(25)12-26-19-22-14-6-2-4-8-16(14)27-19/h1-8H,9-12H2,(H,20,24)(H,21,25). The van der Waals surface area contributed by atoms with Crippen molar-refractivity contribution >= 4 is 56.5 Å². The van der Waals surface area contributed by atoms with Crippen LogP contribution in [0.1, 0.15) is 0 Å². The highest BCUT2D eigenvalue weighted by atomic mass is 32.2. The summed E-state index contributed by atoms with van der Waals surface area (Å²) >= 11 is 3.02. The normalized spacial score (nSPS) is 14.2. The molecule has 3 aromatic rings. The minimum atomic E-state index is -0.0897. The molecule has 0 unspecified atom stereocenters. The summed E-state index contributed by atoms with van der Waals surface area (Å²) in [5.74, 6) is 0.191. The van der Waals surface area contributed by atoms with E-state index in [1.807, 2.05) is 53.4 Å². The molecule has 1 fully saturated rings. The van der Waals surface area contributed by atoms with E-state index in [2.05, 4.69) is 15.6 Å². The van der Waals surface area contributed by atoms with Crippen molar-refractivity contribution in [2.45, 2.75) is 4.34 Å². The van der Waals surface area contributed by atoms with Gasteiger partial charge in [0.1, 0.15) is 0 Å². The van der Waals surface area contributed by atoms with Crippen LogP contribution in [0.25, 0.3) is 10.2 Å². The van der Waals surface area contributed by atoms with E-state index in [1.165, 1.54) is 11.8 Å². The zero-order valence-electron chi connectivity index (χ0n) is 14.5. The van der Waals surface area contributed by atoms with Crippen LogP contribution >= 0.6 is 23.1 Å². The molecule has 0 radical (unpaired) electrons. The van der Waals surface area contributed by atoms with Crippen molar-refractivity contribution in [2.24, 2.45) is 0 Å². The number of hydrogen-bond donors (Lipinski definition) is 2. The third kappa shape index (κ3) is 4.23. The van der Waals surface area contributed by atoms with Gasteiger partial charge in [0, 0.05) is 13.1 Å². The highest BCUT2D eigenvalue weighted by Crippen LogP contribution is 2.30. The van der Waals surface area contributed by atoms with Crippen LogP contribution in [0.15, 0.2) is 52.9 Å². The smallest absolute Gasteiger partial charge is 0.239 e. The number of rotatable bonds is 5. The minimum Gasteiger partial charge on any atom is -0.359 e. The van der Waals surface area contributed by atoms with Gasteiger partial charge in [-0.2, -0.15) is 0 Å². The molecule has 0 bridgehead atoms. The molecule has 0 atom stereocenters. The maximum Gasteiger partial charge on any atom is 0.239 e. The van der Waals surface area contributed by atoms with Gasteiger partial charge in [-0.15, -0.1) is 11.3 Å². The summed E-state index contributed by atoms with van der Waals surface area (Å²) in [6.45, 7) is 1.63. The first-order valence-electron chi connectivity index (χ1n) is 8.58. The molecule has 1 aliphatic rings. The molecular weight excluding hydrogens is 380 g/mol. The third-order valence-electron chi connectivity index (χ3n) is 4.16. The Kier molecular flexibility index (Phi) is 5.26. The highest BCUT2D eigenvalue weighted by Gasteiger charge is 2.19. The zero-order chi connectivity index (χ0) is 18.6. The quantitative estimate of drug-likeness (QED) is 0.647. The molecule has 2 heterocycles. The predicted molar refractivity (Wildman–Crippen MR) is 111 cm³/mol. The van der Waals surface area contributed by atoms with Crippen molar-refractivity contribution in [1.82, 2.24) is 10.3 Å². The summed E-state index contributed by atoms with van der Waals surface area (Å²) in [7, 11) is 0. The first kappa shape index (κ1) is 17.8. The number of carbonyl (C=O) groups is 2. The number of aromatic nitrogens is 1. The molecule has 0 spiro atoms. The van der Waals surface area contributed by atoms with Gasteiger partial charge in [0.2, 0.25) is 11.8 Å². The Hall–Kier alpha value is -2.58. The van der Waals surface area contributed by atoms with Crippen LogP contribution in [0.5, 0.6) is 0 Å². The number of hydrogen-bond acceptors (Lipinski definition) is 6. The lowest BCUT2D eigenvalue weighted by atomic mass is 10.2. The van der Waals surface area contributed by atoms with E-state index in [0.29, 0.717) is 13.1 Å². The molecule has 1 aromatic heterocycles. The first-order valence-corrected chi connectivity index (χ1v) is 10.4. The second-order valence-corrected chi connectivity index (χ2v) is 8.33. The second-order valence-electron chi connectivity index (χ2n) is 6.07. The summed E-state index contributed by atoms with van der Waals surface area (Å²) in [6, 6.07) is 15.5. The zero-order valence-corrected chi connectivity index (χ0v) is 16.1. The number of amides is 2. The van der Waals surface area contributed by atoms with Crippen molar-refractivity contribution in [1.29, 1.82) is 0 Å². The van der Waals surface area contributed by atoms with E-state index in [0.717, 1.165) is 32.5 Å². The SMILES string of the molecule is O=C1CN(c2ccccc2NC(=O)CSc2nc3ccccc3s2)CCN1. The van der Waals surface area contributed by atoms with Crippen LogP contribution in [0.2, 0.25) is 0 Å². The Balaban J connectivity index is 1.41. The largest absolute Gasteiger partial charge is 0.359 e. The van der Waals surface area contributed by atoms with E-state index < -0.39 is 0 Å². The Morgan fingerprint density at radius 3 is 2.89 bits per heavy atom. The van der Waals surface area contributed by atoms with Gasteiger partial charge in [-0.05, 0) is 24.3 Å². The molecule has 2 N–H and O–H groups in total. The lowest BCUT2D eigenvalue weighted by Gasteiger charge is -2.30. The number of nitrogens with zero attached hydrogens (tertiary/aromatic N) is 2. The fourth-order valence-electron chi connectivity index (χ4n) is 2.93. The lowest BCUT2D eigenvalue weighted by Crippen LogP contribution is -2.47. The topological polar surface area (TPSA) is 74.3 Å². The fourth-order valence-corrected chi connectivity index (χ4v) is 4.79. The Bertz CT molecular complexity index is 956. The summed E-state index contributed by atoms with van der Waals surface area (Å²) in [5.41, 5.74) is 2.55. The summed E-state index contributed by atoms with van der Waals surface area (Å²) in [6.07, 6.45) is 0. The molecule has 6 nitrogen and oxygen atoms in total. The molecule has 0 saturated carbocycles. The number of fused-ring (bicyclic) bond motifs is 1. The number of thioether (sulfide) groups is 1. The lowest BCUT2D eigenvalue weighted by molar-refractivity contribution is -0.120. The maximum atomic E-state index is 12.4. The van der Waals surface area contributed by atoms with Gasteiger partial charge in [-0.25, -0.2) is 4.98 Å². The Labute approximate surface area is 165 Å². The molecule has 138 valence electrons. The van der Waals surface area contributed by atoms with Gasteiger partial charge in [0.15, 0.2) is 4.34 Å². The van der Waals surface area contributed by atoms with E-state index in [1.54, 1.807) is 11.3 Å². The molecule has 1 saturated heterocycles. The number of para-hydroxylation sites is 3. The van der Waals surface area contributed by atoms with Crippen molar-refractivity contribution in [2.75, 3.05) is 35.6 Å². The predicted octanol–water partition coefficient (Wildman–Crippen LogP) is 2.96. The number of benzene rings is 2. The molecule has 1 aliphatic heterocycles. The average molecular weight is 399 g/mol. The van der Waals surface area contributed by atoms with Crippen molar-refractivity contribution in [3.8, 4) is 0 Å². The van der Waals surface area contributed by atoms with Crippen LogP contribution < -0.4 is 15.5 Å². The molecule has 2 aromatic carbocycles. The van der Waals surface area contributed by atoms with Crippen LogP contribution in [0.4, 0.5) is 11.4 Å². The van der Waals surface area contributed by atoms with Crippen LogP contribution in [-0.4, -0.2) is 42.2 Å². The van der Waals surface area contributed by atoms with Gasteiger partial charge >= 0.3 is 0 Å². The third-order valence-corrected chi connectivity index (χ3v) is 6.34. The first-order chi connectivity index (χ1) is 13.2. The van der Waals surface area contributed by atoms with Crippen LogP contribution in [0.3, 0.4) is 0 Å². The minimum absolute atomic E-state index is 0.00577. The average Bonchev–Trinajstić information content (AvgIpc) is 3.10. The van der Waals surface area contributed by atoms with Gasteiger partial charge in [0.25, 0.3) is 0 Å². The monoisotopic (exact) mass is 398 g/mol. The molecule has 27 heavy (non-hydrogen) atoms. The van der Waals surface area contributed by atoms with Crippen LogP contribution in [0, 0.1) is 0 Å². The van der Waals surface area contributed by atoms with Gasteiger partial charge in [0.05, 0.1) is 33.9 Å². The number of anilines is 2. The fraction of sp³-hybridized carbons (Fsp3) is 0.211. The summed E-state index contributed by atoms with van der Waals surface area (Å²) in [4.78, 5) is 30.6. The number of nitrogens with one attached hydrogen (secondary N) is 2. The van der Waals surface area contributed by atoms with Gasteiger partial charge in [-0.3, -0.25) is 9.59 Å². The number of thiazole rings is 1. The van der Waals surface area contributed by atoms with E-state index in [4.69, 9.17) is 0 Å². The van der Waals surface area contributed by atoms with E-state index >= 15 is 0 Å². The van der Waals surface area contributed by atoms with Gasteiger partial charge in [-0.1, -0.05) is 36.0 Å². The molecule has 0 aliphatic carbocycles. The molecule has 4 rings (SSSR count). The van der Waals surface area contributed by atoms with Crippen molar-refractivity contribution in [3.63, 3.8) is 0 Å². The number of carbonyl (C=O) groups excluding carboxylic acids is 2. The summed E-state index contributed by atoms with van der Waals surface area (Å²) in [5, 5.41) is 5.78. The van der Waals surface area contributed by atoms with E-state index in [9.17, 15) is 9.59 Å². The van der Waals surface area contributed by atoms with Gasteiger partial charge < -0.3 is 15.5 Å². The molecule has 8 heteroatoms. The Morgan fingerprint density at radius 1 is 1.22 bits per heavy atom. The van der Waals surface area contributed by atoms with E-state index in [-0.39, 0.29) is 17.6 Å². The second kappa shape index (κ2) is 7.98. The molecule has 2 amide bonds.